The van der Waals surface area contributed by atoms with Crippen molar-refractivity contribution < 1.29 is 14.3 Å². The van der Waals surface area contributed by atoms with Gasteiger partial charge in [-0.1, -0.05) is 11.6 Å². The smallest absolute Gasteiger partial charge is 0.224 e. The first-order valence-corrected chi connectivity index (χ1v) is 7.21. The molecular weight excluding hydrogens is 254 g/mol. The molecular formula is C16H23NO3. The Morgan fingerprint density at radius 3 is 2.85 bits per heavy atom. The van der Waals surface area contributed by atoms with Crippen molar-refractivity contribution in [3.8, 4) is 0 Å². The number of nitrogens with one attached hydrogen (secondary N) is 1. The molecule has 0 saturated carbocycles. The fraction of sp³-hybridized carbons (Fsp3) is 0.562. The van der Waals surface area contributed by atoms with Gasteiger partial charge in [-0.25, -0.2) is 0 Å². The van der Waals surface area contributed by atoms with E-state index in [1.165, 1.54) is 18.4 Å². The average molecular weight is 277 g/mol. The fourth-order valence-corrected chi connectivity index (χ4v) is 2.42. The molecule has 1 atom stereocenters. The van der Waals surface area contributed by atoms with Crippen LogP contribution in [0.3, 0.4) is 0 Å². The molecule has 2 rings (SSSR count). The van der Waals surface area contributed by atoms with Gasteiger partial charge in [-0.3, -0.25) is 4.79 Å². The summed E-state index contributed by atoms with van der Waals surface area (Å²) in [7, 11) is 0. The average Bonchev–Trinajstić information content (AvgIpc) is 2.85. The molecule has 2 N–H and O–H groups in total. The Kier molecular flexibility index (Phi) is 4.65. The van der Waals surface area contributed by atoms with Crippen molar-refractivity contribution in [3.05, 3.63) is 35.3 Å². The van der Waals surface area contributed by atoms with Gasteiger partial charge in [-0.05, 0) is 51.7 Å². The van der Waals surface area contributed by atoms with Gasteiger partial charge >= 0.3 is 0 Å². The number of aryl methyl sites for hydroxylation is 1. The van der Waals surface area contributed by atoms with E-state index in [9.17, 15) is 9.90 Å². The Morgan fingerprint density at radius 1 is 1.45 bits per heavy atom. The lowest BCUT2D eigenvalue weighted by Gasteiger charge is -2.21. The predicted octanol–water partition coefficient (Wildman–Crippen LogP) is 2.80. The van der Waals surface area contributed by atoms with Crippen LogP contribution in [0.25, 0.3) is 0 Å². The molecule has 1 aromatic rings. The predicted molar refractivity (Wildman–Crippen MR) is 77.2 cm³/mol. The summed E-state index contributed by atoms with van der Waals surface area (Å²) in [6.45, 7) is 3.63. The summed E-state index contributed by atoms with van der Waals surface area (Å²) in [5, 5.41) is 13.1. The van der Waals surface area contributed by atoms with Crippen LogP contribution in [0.1, 0.15) is 50.5 Å². The molecule has 4 nitrogen and oxygen atoms in total. The van der Waals surface area contributed by atoms with E-state index >= 15 is 0 Å². The van der Waals surface area contributed by atoms with Crippen molar-refractivity contribution in [2.45, 2.75) is 51.6 Å². The Labute approximate surface area is 119 Å². The first kappa shape index (κ1) is 14.9. The zero-order chi connectivity index (χ0) is 14.6. The third-order valence-electron chi connectivity index (χ3n) is 3.67. The third-order valence-corrected chi connectivity index (χ3v) is 3.67. The van der Waals surface area contributed by atoms with Crippen LogP contribution < -0.4 is 5.32 Å². The molecule has 0 fully saturated rings. The van der Waals surface area contributed by atoms with Gasteiger partial charge in [-0.15, -0.1) is 0 Å². The quantitative estimate of drug-likeness (QED) is 0.813. The second-order valence-electron chi connectivity index (χ2n) is 5.75. The monoisotopic (exact) mass is 277 g/mol. The lowest BCUT2D eigenvalue weighted by atomic mass is 9.97. The summed E-state index contributed by atoms with van der Waals surface area (Å²) < 4.78 is 5.42. The molecule has 0 bridgehead atoms. The maximum Gasteiger partial charge on any atom is 0.224 e. The molecule has 4 heteroatoms. The molecule has 1 aliphatic rings. The Balaban J connectivity index is 1.84. The summed E-state index contributed by atoms with van der Waals surface area (Å²) in [4.78, 5) is 11.9. The van der Waals surface area contributed by atoms with Crippen molar-refractivity contribution in [2.24, 2.45) is 0 Å². The molecule has 1 amide bonds. The minimum Gasteiger partial charge on any atom is -0.463 e. The molecule has 0 aromatic carbocycles. The van der Waals surface area contributed by atoms with Crippen LogP contribution in [-0.4, -0.2) is 17.6 Å². The van der Waals surface area contributed by atoms with E-state index < -0.39 is 5.60 Å². The van der Waals surface area contributed by atoms with Crippen molar-refractivity contribution in [1.29, 1.82) is 0 Å². The van der Waals surface area contributed by atoms with Crippen molar-refractivity contribution in [1.82, 2.24) is 5.32 Å². The molecule has 1 heterocycles. The largest absolute Gasteiger partial charge is 0.463 e. The van der Waals surface area contributed by atoms with Crippen LogP contribution in [-0.2, 0) is 10.4 Å². The molecule has 110 valence electrons. The zero-order valence-electron chi connectivity index (χ0n) is 12.2. The highest BCUT2D eigenvalue weighted by molar-refractivity contribution is 5.78. The summed E-state index contributed by atoms with van der Waals surface area (Å²) in [6, 6.07) is 3.55. The normalized spacial score (nSPS) is 18.2. The molecule has 20 heavy (non-hydrogen) atoms. The van der Waals surface area contributed by atoms with Crippen molar-refractivity contribution in [2.75, 3.05) is 6.54 Å². The van der Waals surface area contributed by atoms with Crippen molar-refractivity contribution in [3.63, 3.8) is 0 Å². The Bertz CT molecular complexity index is 500. The van der Waals surface area contributed by atoms with E-state index in [-0.39, 0.29) is 12.5 Å². The molecule has 1 aromatic heterocycles. The van der Waals surface area contributed by atoms with E-state index in [1.54, 1.807) is 19.1 Å². The van der Waals surface area contributed by atoms with Crippen LogP contribution in [0, 0.1) is 6.92 Å². The van der Waals surface area contributed by atoms with E-state index in [2.05, 4.69) is 11.4 Å². The summed E-state index contributed by atoms with van der Waals surface area (Å²) in [6.07, 6.45) is 7.08. The molecule has 0 spiro atoms. The number of carbonyl (C=O) groups is 1. The standard InChI is InChI=1S/C16H23NO3/c1-12-8-9-14(20-12)16(2,19)11-17-15(18)10-13-6-4-3-5-7-13/h6,8-9,19H,3-5,7,10-11H2,1-2H3,(H,17,18). The van der Waals surface area contributed by atoms with Gasteiger partial charge in [0.05, 0.1) is 6.54 Å². The molecule has 0 radical (unpaired) electrons. The second kappa shape index (κ2) is 6.27. The van der Waals surface area contributed by atoms with E-state index in [4.69, 9.17) is 4.42 Å². The lowest BCUT2D eigenvalue weighted by Crippen LogP contribution is -2.38. The van der Waals surface area contributed by atoms with Gasteiger partial charge in [-0.2, -0.15) is 0 Å². The van der Waals surface area contributed by atoms with E-state index in [0.29, 0.717) is 12.2 Å². The van der Waals surface area contributed by atoms with Gasteiger partial charge in [0, 0.05) is 6.42 Å². The number of aliphatic hydroxyl groups is 1. The highest BCUT2D eigenvalue weighted by Crippen LogP contribution is 2.23. The summed E-state index contributed by atoms with van der Waals surface area (Å²) in [5.41, 5.74) is 0.0347. The molecule has 0 saturated heterocycles. The number of amides is 1. The minimum absolute atomic E-state index is 0.0401. The van der Waals surface area contributed by atoms with Gasteiger partial charge < -0.3 is 14.8 Å². The van der Waals surface area contributed by atoms with Gasteiger partial charge in [0.25, 0.3) is 0 Å². The number of carbonyl (C=O) groups excluding carboxylic acids is 1. The van der Waals surface area contributed by atoms with Gasteiger partial charge in [0.2, 0.25) is 5.91 Å². The SMILES string of the molecule is Cc1ccc(C(C)(O)CNC(=O)CC2=CCCCC2)o1. The first-order valence-electron chi connectivity index (χ1n) is 7.21. The molecule has 1 aliphatic carbocycles. The lowest BCUT2D eigenvalue weighted by molar-refractivity contribution is -0.121. The molecule has 0 aliphatic heterocycles. The summed E-state index contributed by atoms with van der Waals surface area (Å²) in [5.74, 6) is 1.19. The van der Waals surface area contributed by atoms with Crippen LogP contribution >= 0.6 is 0 Å². The van der Waals surface area contributed by atoms with Crippen LogP contribution in [0.5, 0.6) is 0 Å². The summed E-state index contributed by atoms with van der Waals surface area (Å²) >= 11 is 0. The molecule has 1 unspecified atom stereocenters. The van der Waals surface area contributed by atoms with Gasteiger partial charge in [0.1, 0.15) is 17.1 Å². The van der Waals surface area contributed by atoms with E-state index in [1.807, 2.05) is 6.92 Å². The third kappa shape index (κ3) is 3.97. The zero-order valence-corrected chi connectivity index (χ0v) is 12.2. The van der Waals surface area contributed by atoms with Crippen molar-refractivity contribution >= 4 is 5.91 Å². The highest BCUT2D eigenvalue weighted by Gasteiger charge is 2.27. The van der Waals surface area contributed by atoms with E-state index in [0.717, 1.165) is 18.6 Å². The van der Waals surface area contributed by atoms with Crippen LogP contribution in [0.4, 0.5) is 0 Å². The second-order valence-corrected chi connectivity index (χ2v) is 5.75. The Morgan fingerprint density at radius 2 is 2.25 bits per heavy atom. The van der Waals surface area contributed by atoms with Gasteiger partial charge in [0.15, 0.2) is 0 Å². The number of allylic oxidation sites excluding steroid dienone is 1. The first-order chi connectivity index (χ1) is 9.47. The van der Waals surface area contributed by atoms with Crippen LogP contribution in [0.2, 0.25) is 0 Å². The number of hydrogen-bond donors (Lipinski definition) is 2. The number of furan rings is 1. The maximum absolute atomic E-state index is 11.9. The highest BCUT2D eigenvalue weighted by atomic mass is 16.4. The van der Waals surface area contributed by atoms with Crippen LogP contribution in [0.15, 0.2) is 28.2 Å². The minimum atomic E-state index is -1.18. The number of rotatable bonds is 5. The maximum atomic E-state index is 11.9. The fourth-order valence-electron chi connectivity index (χ4n) is 2.42. The number of hydrogen-bond acceptors (Lipinski definition) is 3. The Hall–Kier alpha value is -1.55. The topological polar surface area (TPSA) is 62.5 Å².